The molecule has 0 bridgehead atoms. The van der Waals surface area contributed by atoms with Gasteiger partial charge >= 0.3 is 0 Å². The van der Waals surface area contributed by atoms with Crippen LogP contribution in [0.2, 0.25) is 0 Å². The van der Waals surface area contributed by atoms with Crippen LogP contribution in [0.1, 0.15) is 19.4 Å². The molecule has 4 heteroatoms. The van der Waals surface area contributed by atoms with Crippen molar-refractivity contribution >= 4 is 12.9 Å². The van der Waals surface area contributed by atoms with Crippen LogP contribution in [0.15, 0.2) is 60.7 Å². The maximum Gasteiger partial charge on any atom is 0.189 e. The zero-order chi connectivity index (χ0) is 16.0. The van der Waals surface area contributed by atoms with Crippen molar-refractivity contribution in [2.45, 2.75) is 20.0 Å². The fourth-order valence-electron chi connectivity index (χ4n) is 3.18. The number of hydrogen-bond acceptors (Lipinski definition) is 2. The number of hydrogen-bond donors (Lipinski definition) is 0. The molecule has 2 nitrogen and oxygen atoms in total. The molecule has 0 heterocycles. The molecule has 1 unspecified atom stereocenters. The van der Waals surface area contributed by atoms with Crippen molar-refractivity contribution in [3.63, 3.8) is 0 Å². The Bertz CT molecular complexity index is 558. The number of rotatable bonds is 7. The molecule has 0 saturated heterocycles. The molecule has 0 N–H and O–H groups in total. The van der Waals surface area contributed by atoms with Gasteiger partial charge in [0.15, 0.2) is 7.56 Å². The summed E-state index contributed by atoms with van der Waals surface area (Å²) in [6, 6.07) is 21.9. The fourth-order valence-corrected chi connectivity index (χ4v) is 7.44. The van der Waals surface area contributed by atoms with Gasteiger partial charge in [0.25, 0.3) is 0 Å². The van der Waals surface area contributed by atoms with E-state index in [1.807, 2.05) is 0 Å². The van der Waals surface area contributed by atoms with E-state index in [-0.39, 0.29) is 17.0 Å². The zero-order valence-electron chi connectivity index (χ0n) is 14.6. The Kier molecular flexibility index (Phi) is 8.42. The second-order valence-electron chi connectivity index (χ2n) is 5.70. The van der Waals surface area contributed by atoms with Crippen molar-refractivity contribution in [2.75, 3.05) is 27.2 Å². The molecule has 126 valence electrons. The molecule has 2 rings (SSSR count). The molecule has 0 aliphatic heterocycles. The molecule has 0 aliphatic carbocycles. The van der Waals surface area contributed by atoms with Gasteiger partial charge in [0.2, 0.25) is 0 Å². The normalized spacial score (nSPS) is 13.7. The van der Waals surface area contributed by atoms with E-state index in [0.29, 0.717) is 0 Å². The molecular weight excluding hydrogens is 367 g/mol. The molecule has 1 atom stereocenters. The Labute approximate surface area is 152 Å². The van der Waals surface area contributed by atoms with Gasteiger partial charge in [-0.15, -0.1) is 0 Å². The Hall–Kier alpha value is -0.730. The predicted octanol–water partition coefficient (Wildman–Crippen LogP) is 1.27. The Morgan fingerprint density at radius 2 is 1.26 bits per heavy atom. The number of benzene rings is 2. The lowest BCUT2D eigenvalue weighted by atomic mass is 10.2. The highest BCUT2D eigenvalue weighted by molar-refractivity contribution is 7.77. The molecule has 23 heavy (non-hydrogen) atoms. The van der Waals surface area contributed by atoms with E-state index in [1.54, 1.807) is 0 Å². The van der Waals surface area contributed by atoms with Crippen LogP contribution in [0.5, 0.6) is 0 Å². The summed E-state index contributed by atoms with van der Waals surface area (Å²) in [4.78, 5) is 0. The number of halogens is 1. The van der Waals surface area contributed by atoms with Crippen molar-refractivity contribution in [1.29, 1.82) is 0 Å². The lowest BCUT2D eigenvalue weighted by Crippen LogP contribution is -3.00. The van der Waals surface area contributed by atoms with Gasteiger partial charge < -0.3 is 17.0 Å². The molecule has 0 saturated carbocycles. The molecule has 2 aromatic rings. The van der Waals surface area contributed by atoms with Crippen molar-refractivity contribution in [3.05, 3.63) is 66.2 Å². The third-order valence-electron chi connectivity index (χ3n) is 4.28. The monoisotopic (exact) mass is 394 g/mol. The van der Waals surface area contributed by atoms with Gasteiger partial charge in [-0.25, -0.2) is 0 Å². The first-order chi connectivity index (χ1) is 10.6. The van der Waals surface area contributed by atoms with Crippen LogP contribution in [0.25, 0.3) is 0 Å². The summed E-state index contributed by atoms with van der Waals surface area (Å²) in [6.45, 7) is 6.69. The maximum atomic E-state index is 2.66. The van der Waals surface area contributed by atoms with E-state index in [2.05, 4.69) is 97.9 Å². The lowest BCUT2D eigenvalue weighted by molar-refractivity contribution is -0.00000482. The summed E-state index contributed by atoms with van der Waals surface area (Å²) in [5.41, 5.74) is 1.42. The largest absolute Gasteiger partial charge is 1.00 e. The topological polar surface area (TPSA) is 6.48 Å². The maximum absolute atomic E-state index is 2.66. The molecule has 0 aromatic heterocycles. The third kappa shape index (κ3) is 4.42. The van der Waals surface area contributed by atoms with Crippen LogP contribution in [0.4, 0.5) is 0 Å². The lowest BCUT2D eigenvalue weighted by Gasteiger charge is -2.39. The third-order valence-corrected chi connectivity index (χ3v) is 9.03. The first kappa shape index (κ1) is 20.3. The van der Waals surface area contributed by atoms with Gasteiger partial charge in [0, 0.05) is 27.2 Å². The molecule has 0 fully saturated rings. The minimum atomic E-state index is -1.59. The average Bonchev–Trinajstić information content (AvgIpc) is 2.56. The average molecular weight is 395 g/mol. The van der Waals surface area contributed by atoms with E-state index in [1.165, 1.54) is 10.9 Å². The van der Waals surface area contributed by atoms with Gasteiger partial charge in [-0.05, 0) is 31.5 Å². The van der Waals surface area contributed by atoms with Crippen LogP contribution in [0, 0.1) is 0 Å². The van der Waals surface area contributed by atoms with Crippen molar-refractivity contribution in [1.82, 2.24) is 9.34 Å². The minimum Gasteiger partial charge on any atom is -1.00 e. The highest BCUT2D eigenvalue weighted by Crippen LogP contribution is 2.64. The summed E-state index contributed by atoms with van der Waals surface area (Å²) < 4.78 is 5.14. The van der Waals surface area contributed by atoms with E-state index < -0.39 is 7.56 Å². The standard InChI is InChI=1S/C19H28N2P.BrH/c1-5-21(6-2)22(20(3)4,19-15-11-8-12-16-19)17-18-13-9-7-10-14-18;/h7-16H,5-6,17H2,1-4H3;1H/q+1;/p-1. The van der Waals surface area contributed by atoms with Crippen molar-refractivity contribution < 1.29 is 17.0 Å². The van der Waals surface area contributed by atoms with E-state index >= 15 is 0 Å². The van der Waals surface area contributed by atoms with E-state index in [0.717, 1.165) is 19.3 Å². The minimum absolute atomic E-state index is 0. The Morgan fingerprint density at radius 1 is 0.783 bits per heavy atom. The predicted molar refractivity (Wildman–Crippen MR) is 99.8 cm³/mol. The van der Waals surface area contributed by atoms with Crippen LogP contribution in [-0.4, -0.2) is 36.5 Å². The highest BCUT2D eigenvalue weighted by Gasteiger charge is 2.48. The first-order valence-corrected chi connectivity index (χ1v) is 9.94. The smallest absolute Gasteiger partial charge is 0.189 e. The second-order valence-corrected chi connectivity index (χ2v) is 9.35. The van der Waals surface area contributed by atoms with E-state index in [9.17, 15) is 0 Å². The van der Waals surface area contributed by atoms with Crippen molar-refractivity contribution in [2.24, 2.45) is 0 Å². The van der Waals surface area contributed by atoms with Gasteiger partial charge in [-0.1, -0.05) is 48.5 Å². The molecule has 0 amide bonds. The van der Waals surface area contributed by atoms with Gasteiger partial charge in [0.05, 0.1) is 0 Å². The molecule has 2 aromatic carbocycles. The fraction of sp³-hybridized carbons (Fsp3) is 0.368. The molecule has 0 radical (unpaired) electrons. The molecule has 0 aliphatic rings. The van der Waals surface area contributed by atoms with Gasteiger partial charge in [-0.3, -0.25) is 0 Å². The summed E-state index contributed by atoms with van der Waals surface area (Å²) in [6.07, 6.45) is 1.09. The Morgan fingerprint density at radius 3 is 1.70 bits per heavy atom. The molecular formula is C19H28BrN2P. The Balaban J connectivity index is 0.00000264. The SMILES string of the molecule is CCN(CC)[P+](Cc1ccccc1)(c1ccccc1)N(C)C.[Br-]. The summed E-state index contributed by atoms with van der Waals surface area (Å²) in [5.74, 6) is 0. The summed E-state index contributed by atoms with van der Waals surface area (Å²) in [5, 5.41) is 1.47. The van der Waals surface area contributed by atoms with Crippen LogP contribution < -0.4 is 22.3 Å². The van der Waals surface area contributed by atoms with Crippen molar-refractivity contribution in [3.8, 4) is 0 Å². The summed E-state index contributed by atoms with van der Waals surface area (Å²) in [7, 11) is 2.89. The van der Waals surface area contributed by atoms with Gasteiger partial charge in [0.1, 0.15) is 11.5 Å². The van der Waals surface area contributed by atoms with E-state index in [4.69, 9.17) is 0 Å². The van der Waals surface area contributed by atoms with Crippen LogP contribution >= 0.6 is 7.56 Å². The second kappa shape index (κ2) is 9.54. The van der Waals surface area contributed by atoms with Crippen LogP contribution in [0.3, 0.4) is 0 Å². The highest BCUT2D eigenvalue weighted by atomic mass is 79.9. The first-order valence-electron chi connectivity index (χ1n) is 8.06. The van der Waals surface area contributed by atoms with Crippen LogP contribution in [-0.2, 0) is 6.16 Å². The molecule has 0 spiro atoms. The quantitative estimate of drug-likeness (QED) is 0.652. The number of nitrogens with zero attached hydrogens (tertiary/aromatic N) is 2. The van der Waals surface area contributed by atoms with Gasteiger partial charge in [-0.2, -0.15) is 9.34 Å². The summed E-state index contributed by atoms with van der Waals surface area (Å²) >= 11 is 0. The zero-order valence-corrected chi connectivity index (χ0v) is 17.1.